The SMILES string of the molecule is Cc1noc(CNc2ccnc(Cl)n2)n1. The minimum absolute atomic E-state index is 0.196. The smallest absolute Gasteiger partial charge is 0.245 e. The Hall–Kier alpha value is -1.69. The molecule has 1 N–H and O–H groups in total. The zero-order valence-electron chi connectivity index (χ0n) is 7.94. The predicted molar refractivity (Wildman–Crippen MR) is 53.4 cm³/mol. The number of hydrogen-bond acceptors (Lipinski definition) is 6. The van der Waals surface area contributed by atoms with E-state index in [1.165, 1.54) is 0 Å². The first-order valence-corrected chi connectivity index (χ1v) is 4.63. The van der Waals surface area contributed by atoms with Crippen molar-refractivity contribution in [1.29, 1.82) is 0 Å². The van der Waals surface area contributed by atoms with Gasteiger partial charge in [0.15, 0.2) is 5.82 Å². The van der Waals surface area contributed by atoms with Crippen LogP contribution in [0.4, 0.5) is 5.82 Å². The van der Waals surface area contributed by atoms with Gasteiger partial charge in [0.1, 0.15) is 5.82 Å². The van der Waals surface area contributed by atoms with Gasteiger partial charge in [-0.2, -0.15) is 4.98 Å². The monoisotopic (exact) mass is 225 g/mol. The fourth-order valence-electron chi connectivity index (χ4n) is 1.01. The third-order valence-electron chi connectivity index (χ3n) is 1.62. The summed E-state index contributed by atoms with van der Waals surface area (Å²) in [7, 11) is 0. The number of halogens is 1. The van der Waals surface area contributed by atoms with E-state index in [9.17, 15) is 0 Å². The van der Waals surface area contributed by atoms with Crippen LogP contribution >= 0.6 is 11.6 Å². The predicted octanol–water partition coefficient (Wildman–Crippen LogP) is 1.43. The van der Waals surface area contributed by atoms with Gasteiger partial charge in [-0.25, -0.2) is 9.97 Å². The lowest BCUT2D eigenvalue weighted by Gasteiger charge is -2.00. The minimum Gasteiger partial charge on any atom is -0.361 e. The number of aryl methyl sites for hydroxylation is 1. The highest BCUT2D eigenvalue weighted by Gasteiger charge is 2.02. The molecular formula is C8H8ClN5O. The molecule has 0 aliphatic carbocycles. The number of anilines is 1. The Morgan fingerprint density at radius 2 is 2.33 bits per heavy atom. The first-order chi connectivity index (χ1) is 7.24. The Kier molecular flexibility index (Phi) is 2.77. The van der Waals surface area contributed by atoms with Crippen LogP contribution in [-0.2, 0) is 6.54 Å². The van der Waals surface area contributed by atoms with Crippen molar-refractivity contribution in [3.63, 3.8) is 0 Å². The van der Waals surface area contributed by atoms with Crippen molar-refractivity contribution in [3.8, 4) is 0 Å². The van der Waals surface area contributed by atoms with E-state index in [-0.39, 0.29) is 5.28 Å². The van der Waals surface area contributed by atoms with Crippen molar-refractivity contribution in [3.05, 3.63) is 29.3 Å². The maximum atomic E-state index is 5.62. The van der Waals surface area contributed by atoms with Crippen molar-refractivity contribution < 1.29 is 4.52 Å². The van der Waals surface area contributed by atoms with Crippen LogP contribution in [0, 0.1) is 6.92 Å². The Balaban J connectivity index is 1.99. The van der Waals surface area contributed by atoms with Gasteiger partial charge in [-0.3, -0.25) is 0 Å². The topological polar surface area (TPSA) is 76.7 Å². The highest BCUT2D eigenvalue weighted by molar-refractivity contribution is 6.28. The molecule has 0 aliphatic rings. The van der Waals surface area contributed by atoms with E-state index in [2.05, 4.69) is 25.4 Å². The third-order valence-corrected chi connectivity index (χ3v) is 1.80. The lowest BCUT2D eigenvalue weighted by atomic mass is 10.5. The second-order valence-electron chi connectivity index (χ2n) is 2.80. The molecule has 0 spiro atoms. The van der Waals surface area contributed by atoms with Crippen LogP contribution < -0.4 is 5.32 Å². The standard InChI is InChI=1S/C8H8ClN5O/c1-5-12-7(15-14-5)4-11-6-2-3-10-8(9)13-6/h2-3H,4H2,1H3,(H,10,11,13). The molecule has 0 amide bonds. The minimum atomic E-state index is 0.196. The van der Waals surface area contributed by atoms with Crippen LogP contribution in [0.5, 0.6) is 0 Å². The maximum absolute atomic E-state index is 5.62. The Bertz CT molecular complexity index is 458. The molecule has 7 heteroatoms. The summed E-state index contributed by atoms with van der Waals surface area (Å²) in [6.45, 7) is 2.17. The zero-order chi connectivity index (χ0) is 10.7. The van der Waals surface area contributed by atoms with E-state index in [0.717, 1.165) is 0 Å². The fourth-order valence-corrected chi connectivity index (χ4v) is 1.16. The molecule has 0 atom stereocenters. The van der Waals surface area contributed by atoms with Gasteiger partial charge in [0, 0.05) is 6.20 Å². The van der Waals surface area contributed by atoms with E-state index >= 15 is 0 Å². The van der Waals surface area contributed by atoms with Crippen molar-refractivity contribution in [2.45, 2.75) is 13.5 Å². The van der Waals surface area contributed by atoms with Crippen LogP contribution in [0.1, 0.15) is 11.7 Å². The summed E-state index contributed by atoms with van der Waals surface area (Å²) in [6.07, 6.45) is 1.57. The van der Waals surface area contributed by atoms with Crippen LogP contribution in [0.2, 0.25) is 5.28 Å². The molecule has 2 heterocycles. The van der Waals surface area contributed by atoms with Gasteiger partial charge >= 0.3 is 0 Å². The van der Waals surface area contributed by atoms with Gasteiger partial charge in [0.05, 0.1) is 6.54 Å². The molecule has 0 radical (unpaired) electrons. The first-order valence-electron chi connectivity index (χ1n) is 4.25. The molecule has 2 aromatic heterocycles. The molecular weight excluding hydrogens is 218 g/mol. The van der Waals surface area contributed by atoms with E-state index in [1.54, 1.807) is 19.2 Å². The third kappa shape index (κ3) is 2.63. The summed E-state index contributed by atoms with van der Waals surface area (Å²) in [5.41, 5.74) is 0. The summed E-state index contributed by atoms with van der Waals surface area (Å²) >= 11 is 5.62. The summed E-state index contributed by atoms with van der Waals surface area (Å²) < 4.78 is 4.92. The van der Waals surface area contributed by atoms with Crippen molar-refractivity contribution in [2.24, 2.45) is 0 Å². The van der Waals surface area contributed by atoms with Crippen molar-refractivity contribution in [2.75, 3.05) is 5.32 Å². The van der Waals surface area contributed by atoms with Gasteiger partial charge in [-0.15, -0.1) is 0 Å². The Morgan fingerprint density at radius 1 is 1.47 bits per heavy atom. The molecule has 0 aromatic carbocycles. The molecule has 0 saturated carbocycles. The number of rotatable bonds is 3. The van der Waals surface area contributed by atoms with Gasteiger partial charge < -0.3 is 9.84 Å². The summed E-state index contributed by atoms with van der Waals surface area (Å²) in [5, 5.41) is 6.84. The van der Waals surface area contributed by atoms with Gasteiger partial charge in [-0.05, 0) is 24.6 Å². The highest BCUT2D eigenvalue weighted by Crippen LogP contribution is 2.07. The lowest BCUT2D eigenvalue weighted by Crippen LogP contribution is -2.02. The van der Waals surface area contributed by atoms with Gasteiger partial charge in [-0.1, -0.05) is 5.16 Å². The van der Waals surface area contributed by atoms with Crippen LogP contribution in [0.15, 0.2) is 16.8 Å². The van der Waals surface area contributed by atoms with E-state index in [0.29, 0.717) is 24.1 Å². The van der Waals surface area contributed by atoms with E-state index in [1.807, 2.05) is 0 Å². The summed E-state index contributed by atoms with van der Waals surface area (Å²) in [5.74, 6) is 1.72. The van der Waals surface area contributed by atoms with Crippen molar-refractivity contribution in [1.82, 2.24) is 20.1 Å². The van der Waals surface area contributed by atoms with E-state index < -0.39 is 0 Å². The normalized spacial score (nSPS) is 10.3. The fraction of sp³-hybridized carbons (Fsp3) is 0.250. The van der Waals surface area contributed by atoms with Gasteiger partial charge in [0.2, 0.25) is 11.2 Å². The number of nitrogens with zero attached hydrogens (tertiary/aromatic N) is 4. The molecule has 0 aliphatic heterocycles. The second-order valence-corrected chi connectivity index (χ2v) is 3.14. The molecule has 2 aromatic rings. The lowest BCUT2D eigenvalue weighted by molar-refractivity contribution is 0.379. The maximum Gasteiger partial charge on any atom is 0.245 e. The molecule has 2 rings (SSSR count). The molecule has 0 bridgehead atoms. The second kappa shape index (κ2) is 4.22. The van der Waals surface area contributed by atoms with Crippen LogP contribution in [0.3, 0.4) is 0 Å². The van der Waals surface area contributed by atoms with Crippen LogP contribution in [-0.4, -0.2) is 20.1 Å². The average molecular weight is 226 g/mol. The molecule has 15 heavy (non-hydrogen) atoms. The molecule has 6 nitrogen and oxygen atoms in total. The highest BCUT2D eigenvalue weighted by atomic mass is 35.5. The first kappa shape index (κ1) is 9.85. The van der Waals surface area contributed by atoms with Gasteiger partial charge in [0.25, 0.3) is 0 Å². The van der Waals surface area contributed by atoms with Crippen molar-refractivity contribution >= 4 is 17.4 Å². The van der Waals surface area contributed by atoms with Crippen LogP contribution in [0.25, 0.3) is 0 Å². The Morgan fingerprint density at radius 3 is 3.00 bits per heavy atom. The average Bonchev–Trinajstić information content (AvgIpc) is 2.62. The molecule has 78 valence electrons. The summed E-state index contributed by atoms with van der Waals surface area (Å²) in [4.78, 5) is 11.7. The number of nitrogens with one attached hydrogen (secondary N) is 1. The quantitative estimate of drug-likeness (QED) is 0.797. The zero-order valence-corrected chi connectivity index (χ0v) is 8.69. The molecule has 0 unspecified atom stereocenters. The number of aromatic nitrogens is 4. The Labute approximate surface area is 90.7 Å². The summed E-state index contributed by atoms with van der Waals surface area (Å²) in [6, 6.07) is 1.70. The molecule has 0 saturated heterocycles. The van der Waals surface area contributed by atoms with E-state index in [4.69, 9.17) is 16.1 Å². The largest absolute Gasteiger partial charge is 0.361 e. The molecule has 0 fully saturated rings. The number of hydrogen-bond donors (Lipinski definition) is 1.